The van der Waals surface area contributed by atoms with Gasteiger partial charge in [-0.25, -0.2) is 9.67 Å². The van der Waals surface area contributed by atoms with E-state index in [-0.39, 0.29) is 12.4 Å². The monoisotopic (exact) mass is 250 g/mol. The Hall–Kier alpha value is -1.39. The Labute approximate surface area is 106 Å². The highest BCUT2D eigenvalue weighted by Gasteiger charge is 2.20. The summed E-state index contributed by atoms with van der Waals surface area (Å²) in [5.41, 5.74) is 1.08. The maximum absolute atomic E-state index is 4.59. The third kappa shape index (κ3) is 2.18. The highest BCUT2D eigenvalue weighted by Crippen LogP contribution is 2.20. The van der Waals surface area contributed by atoms with Crippen LogP contribution in [0, 0.1) is 0 Å². The van der Waals surface area contributed by atoms with Gasteiger partial charge in [0.15, 0.2) is 5.82 Å². The van der Waals surface area contributed by atoms with E-state index in [9.17, 15) is 0 Å². The zero-order valence-electron chi connectivity index (χ0n) is 9.63. The van der Waals surface area contributed by atoms with Gasteiger partial charge in [0, 0.05) is 12.1 Å². The number of rotatable bonds is 1. The molecule has 0 fully saturated rings. The summed E-state index contributed by atoms with van der Waals surface area (Å²) in [6.45, 7) is 3.99. The van der Waals surface area contributed by atoms with Crippen molar-refractivity contribution >= 4 is 12.4 Å². The zero-order valence-corrected chi connectivity index (χ0v) is 10.4. The average molecular weight is 251 g/mol. The minimum absolute atomic E-state index is 0. The number of fused-ring (bicyclic) bond motifs is 1. The molecule has 0 saturated heterocycles. The van der Waals surface area contributed by atoms with Crippen molar-refractivity contribution in [2.75, 3.05) is 6.54 Å². The van der Waals surface area contributed by atoms with Gasteiger partial charge < -0.3 is 5.32 Å². The summed E-state index contributed by atoms with van der Waals surface area (Å²) in [6.07, 6.45) is 0. The van der Waals surface area contributed by atoms with Gasteiger partial charge >= 0.3 is 0 Å². The number of hydrogen-bond acceptors (Lipinski definition) is 3. The summed E-state index contributed by atoms with van der Waals surface area (Å²) < 4.78 is 2.00. The van der Waals surface area contributed by atoms with Crippen molar-refractivity contribution < 1.29 is 0 Å². The van der Waals surface area contributed by atoms with Crippen molar-refractivity contribution in [2.24, 2.45) is 0 Å². The van der Waals surface area contributed by atoms with Crippen LogP contribution >= 0.6 is 12.4 Å². The lowest BCUT2D eigenvalue weighted by molar-refractivity contribution is 0.411. The van der Waals surface area contributed by atoms with Crippen molar-refractivity contribution in [1.29, 1.82) is 0 Å². The van der Waals surface area contributed by atoms with Gasteiger partial charge in [0.1, 0.15) is 5.82 Å². The minimum atomic E-state index is 0. The Morgan fingerprint density at radius 2 is 2.06 bits per heavy atom. The van der Waals surface area contributed by atoms with Crippen molar-refractivity contribution in [3.63, 3.8) is 0 Å². The molecule has 90 valence electrons. The van der Waals surface area contributed by atoms with E-state index in [1.807, 2.05) is 35.0 Å². The molecule has 0 spiro atoms. The number of benzene rings is 1. The average Bonchev–Trinajstić information content (AvgIpc) is 2.76. The van der Waals surface area contributed by atoms with Crippen LogP contribution in [0.4, 0.5) is 0 Å². The number of hydrogen-bond donors (Lipinski definition) is 1. The van der Waals surface area contributed by atoms with E-state index in [4.69, 9.17) is 0 Å². The third-order valence-corrected chi connectivity index (χ3v) is 2.89. The molecule has 1 aromatic heterocycles. The first kappa shape index (κ1) is 12.1. The van der Waals surface area contributed by atoms with Crippen LogP contribution in [0.3, 0.4) is 0 Å². The fourth-order valence-corrected chi connectivity index (χ4v) is 2.03. The van der Waals surface area contributed by atoms with E-state index in [1.165, 1.54) is 0 Å². The Morgan fingerprint density at radius 3 is 2.76 bits per heavy atom. The van der Waals surface area contributed by atoms with Gasteiger partial charge in [0.25, 0.3) is 0 Å². The van der Waals surface area contributed by atoms with E-state index in [2.05, 4.69) is 22.3 Å². The van der Waals surface area contributed by atoms with Gasteiger partial charge in [-0.2, -0.15) is 5.10 Å². The molecule has 1 aliphatic heterocycles. The molecule has 2 aromatic rings. The lowest BCUT2D eigenvalue weighted by Gasteiger charge is -2.19. The molecule has 0 amide bonds. The van der Waals surface area contributed by atoms with E-state index >= 15 is 0 Å². The highest BCUT2D eigenvalue weighted by atomic mass is 35.5. The van der Waals surface area contributed by atoms with Gasteiger partial charge in [-0.3, -0.25) is 0 Å². The first-order valence-electron chi connectivity index (χ1n) is 5.58. The molecule has 2 heterocycles. The molecule has 17 heavy (non-hydrogen) atoms. The molecule has 5 heteroatoms. The van der Waals surface area contributed by atoms with Gasteiger partial charge in [0.2, 0.25) is 0 Å². The minimum Gasteiger partial charge on any atom is -0.306 e. The van der Waals surface area contributed by atoms with Gasteiger partial charge in [-0.15, -0.1) is 12.4 Å². The second-order valence-corrected chi connectivity index (χ2v) is 4.06. The molecule has 1 N–H and O–H groups in total. The summed E-state index contributed by atoms with van der Waals surface area (Å²) in [6, 6.07) is 10.4. The molecule has 1 aliphatic rings. The van der Waals surface area contributed by atoms with E-state index in [1.54, 1.807) is 0 Å². The van der Waals surface area contributed by atoms with Crippen molar-refractivity contribution in [1.82, 2.24) is 20.1 Å². The topological polar surface area (TPSA) is 42.7 Å². The van der Waals surface area contributed by atoms with Crippen LogP contribution in [-0.4, -0.2) is 21.3 Å². The summed E-state index contributed by atoms with van der Waals surface area (Å²) in [7, 11) is 0. The molecule has 1 aromatic carbocycles. The number of nitrogens with one attached hydrogen (secondary N) is 1. The SMILES string of the molecule is C[C@@H]1NCCn2nc(-c3ccccc3)nc21.Cl. The zero-order chi connectivity index (χ0) is 11.0. The van der Waals surface area contributed by atoms with Crippen molar-refractivity contribution in [3.8, 4) is 11.4 Å². The summed E-state index contributed by atoms with van der Waals surface area (Å²) >= 11 is 0. The molecular weight excluding hydrogens is 236 g/mol. The Balaban J connectivity index is 0.00000108. The lowest BCUT2D eigenvalue weighted by atomic mass is 10.2. The molecule has 3 rings (SSSR count). The third-order valence-electron chi connectivity index (χ3n) is 2.89. The van der Waals surface area contributed by atoms with Crippen LogP contribution in [-0.2, 0) is 6.54 Å². The Kier molecular flexibility index (Phi) is 3.45. The van der Waals surface area contributed by atoms with Crippen molar-refractivity contribution in [3.05, 3.63) is 36.2 Å². The second-order valence-electron chi connectivity index (χ2n) is 4.06. The predicted octanol–water partition coefficient (Wildman–Crippen LogP) is 2.03. The first-order chi connectivity index (χ1) is 7.84. The maximum Gasteiger partial charge on any atom is 0.181 e. The van der Waals surface area contributed by atoms with Gasteiger partial charge in [0.05, 0.1) is 12.6 Å². The van der Waals surface area contributed by atoms with Crippen LogP contribution < -0.4 is 5.32 Å². The van der Waals surface area contributed by atoms with E-state index in [0.29, 0.717) is 6.04 Å². The summed E-state index contributed by atoms with van der Waals surface area (Å²) in [5, 5.41) is 7.92. The molecule has 0 bridgehead atoms. The summed E-state index contributed by atoms with van der Waals surface area (Å²) in [4.78, 5) is 4.59. The molecule has 0 saturated carbocycles. The number of aromatic nitrogens is 3. The quantitative estimate of drug-likeness (QED) is 0.842. The van der Waals surface area contributed by atoms with Crippen molar-refractivity contribution in [2.45, 2.75) is 19.5 Å². The number of halogens is 1. The van der Waals surface area contributed by atoms with Crippen LogP contribution in [0.2, 0.25) is 0 Å². The normalized spacial score (nSPS) is 18.3. The van der Waals surface area contributed by atoms with E-state index < -0.39 is 0 Å². The number of nitrogens with zero attached hydrogens (tertiary/aromatic N) is 3. The lowest BCUT2D eigenvalue weighted by Crippen LogP contribution is -2.32. The largest absolute Gasteiger partial charge is 0.306 e. The van der Waals surface area contributed by atoms with Crippen LogP contribution in [0.15, 0.2) is 30.3 Å². The van der Waals surface area contributed by atoms with Crippen LogP contribution in [0.1, 0.15) is 18.8 Å². The smallest absolute Gasteiger partial charge is 0.181 e. The summed E-state index contributed by atoms with van der Waals surface area (Å²) in [5.74, 6) is 1.86. The molecule has 0 unspecified atom stereocenters. The standard InChI is InChI=1S/C12H14N4.ClH/c1-9-12-14-11(10-5-3-2-4-6-10)15-16(12)8-7-13-9;/h2-6,9,13H,7-8H2,1H3;1H/t9-;/m0./s1. The highest BCUT2D eigenvalue weighted by molar-refractivity contribution is 5.85. The molecule has 0 radical (unpaired) electrons. The fraction of sp³-hybridized carbons (Fsp3) is 0.333. The Morgan fingerprint density at radius 1 is 1.29 bits per heavy atom. The molecule has 1 atom stereocenters. The van der Waals surface area contributed by atoms with Crippen LogP contribution in [0.25, 0.3) is 11.4 Å². The van der Waals surface area contributed by atoms with Crippen LogP contribution in [0.5, 0.6) is 0 Å². The maximum atomic E-state index is 4.59. The fourth-order valence-electron chi connectivity index (χ4n) is 2.03. The molecule has 4 nitrogen and oxygen atoms in total. The van der Waals surface area contributed by atoms with E-state index in [0.717, 1.165) is 30.3 Å². The first-order valence-corrected chi connectivity index (χ1v) is 5.58. The molecule has 0 aliphatic carbocycles. The Bertz CT molecular complexity index is 494. The molecular formula is C12H15ClN4. The predicted molar refractivity (Wildman–Crippen MR) is 69.1 cm³/mol. The van der Waals surface area contributed by atoms with Gasteiger partial charge in [-0.1, -0.05) is 30.3 Å². The second kappa shape index (κ2) is 4.85. The van der Waals surface area contributed by atoms with Gasteiger partial charge in [-0.05, 0) is 6.92 Å².